The number of nitrogens with zero attached hydrogens (tertiary/aromatic N) is 1. The summed E-state index contributed by atoms with van der Waals surface area (Å²) in [7, 11) is 1.51. The lowest BCUT2D eigenvalue weighted by Gasteiger charge is -2.13. The Bertz CT molecular complexity index is 1160. The van der Waals surface area contributed by atoms with Gasteiger partial charge in [-0.1, -0.05) is 41.4 Å². The Labute approximate surface area is 194 Å². The number of nitro benzene ring substituents is 1. The maximum Gasteiger partial charge on any atom is 0.271 e. The minimum Gasteiger partial charge on any atom is -0.493 e. The first kappa shape index (κ1) is 23.1. The molecule has 0 spiro atoms. The van der Waals surface area contributed by atoms with Gasteiger partial charge in [0.2, 0.25) is 5.91 Å². The lowest BCUT2D eigenvalue weighted by Crippen LogP contribution is -2.07. The summed E-state index contributed by atoms with van der Waals surface area (Å²) < 4.78 is 11.2. The number of ether oxygens (including phenoxy) is 2. The van der Waals surface area contributed by atoms with E-state index >= 15 is 0 Å². The van der Waals surface area contributed by atoms with E-state index in [9.17, 15) is 14.9 Å². The monoisotopic (exact) mass is 472 g/mol. The Morgan fingerprint density at radius 3 is 2.47 bits per heavy atom. The zero-order chi connectivity index (χ0) is 23.1. The van der Waals surface area contributed by atoms with Crippen LogP contribution in [0.3, 0.4) is 0 Å². The summed E-state index contributed by atoms with van der Waals surface area (Å²) >= 11 is 12.3. The lowest BCUT2D eigenvalue weighted by atomic mass is 10.2. The predicted octanol–water partition coefficient (Wildman–Crippen LogP) is 6.14. The molecule has 164 valence electrons. The van der Waals surface area contributed by atoms with Crippen LogP contribution in [0.1, 0.15) is 11.1 Å². The van der Waals surface area contributed by atoms with Crippen molar-refractivity contribution < 1.29 is 19.2 Å². The molecule has 3 aromatic carbocycles. The van der Waals surface area contributed by atoms with Gasteiger partial charge >= 0.3 is 0 Å². The largest absolute Gasteiger partial charge is 0.493 e. The minimum atomic E-state index is -0.527. The van der Waals surface area contributed by atoms with Crippen LogP contribution in [-0.2, 0) is 11.4 Å². The van der Waals surface area contributed by atoms with E-state index in [1.807, 2.05) is 0 Å². The van der Waals surface area contributed by atoms with E-state index in [0.29, 0.717) is 38.4 Å². The number of amides is 1. The van der Waals surface area contributed by atoms with Crippen molar-refractivity contribution in [1.29, 1.82) is 0 Å². The van der Waals surface area contributed by atoms with Gasteiger partial charge in [-0.05, 0) is 42.0 Å². The molecule has 3 aromatic rings. The van der Waals surface area contributed by atoms with Gasteiger partial charge in [0.05, 0.1) is 12.0 Å². The van der Waals surface area contributed by atoms with Gasteiger partial charge in [0.15, 0.2) is 11.5 Å². The van der Waals surface area contributed by atoms with E-state index in [2.05, 4.69) is 5.32 Å². The summed E-state index contributed by atoms with van der Waals surface area (Å²) in [5.41, 5.74) is 1.58. The standard InChI is InChI=1S/C23H18Cl2N2O5/c1-31-22-12-15(8-10-21(22)32-14-18-19(24)6-3-7-20(18)25)9-11-23(28)26-16-4-2-5-17(13-16)27(29)30/h2-13H,14H2,1H3,(H,26,28). The molecule has 0 bridgehead atoms. The van der Waals surface area contributed by atoms with Crippen molar-refractivity contribution in [1.82, 2.24) is 0 Å². The lowest BCUT2D eigenvalue weighted by molar-refractivity contribution is -0.384. The predicted molar refractivity (Wildman–Crippen MR) is 125 cm³/mol. The number of anilines is 1. The number of carbonyl (C=O) groups excluding carboxylic acids is 1. The number of nitro groups is 1. The molecular formula is C23H18Cl2N2O5. The number of nitrogens with one attached hydrogen (secondary N) is 1. The summed E-state index contributed by atoms with van der Waals surface area (Å²) in [5, 5.41) is 14.4. The zero-order valence-electron chi connectivity index (χ0n) is 16.9. The van der Waals surface area contributed by atoms with Gasteiger partial charge in [-0.3, -0.25) is 14.9 Å². The molecule has 32 heavy (non-hydrogen) atoms. The molecule has 0 aliphatic carbocycles. The van der Waals surface area contributed by atoms with Crippen molar-refractivity contribution in [3.05, 3.63) is 98.0 Å². The summed E-state index contributed by atoms with van der Waals surface area (Å²) in [5.74, 6) is 0.522. The van der Waals surface area contributed by atoms with E-state index in [1.165, 1.54) is 31.4 Å². The Balaban J connectivity index is 1.67. The molecule has 1 N–H and O–H groups in total. The maximum atomic E-state index is 12.2. The number of rotatable bonds is 8. The van der Waals surface area contributed by atoms with Crippen molar-refractivity contribution in [2.75, 3.05) is 12.4 Å². The Morgan fingerprint density at radius 1 is 1.06 bits per heavy atom. The molecule has 0 aliphatic heterocycles. The highest BCUT2D eigenvalue weighted by Crippen LogP contribution is 2.31. The summed E-state index contributed by atoms with van der Waals surface area (Å²) in [6.07, 6.45) is 2.90. The molecule has 7 nitrogen and oxygen atoms in total. The van der Waals surface area contributed by atoms with Crippen molar-refractivity contribution >= 4 is 46.6 Å². The van der Waals surface area contributed by atoms with Gasteiger partial charge in [-0.2, -0.15) is 0 Å². The van der Waals surface area contributed by atoms with Crippen LogP contribution >= 0.6 is 23.2 Å². The number of halogens is 2. The molecule has 0 atom stereocenters. The van der Waals surface area contributed by atoms with Crippen LogP contribution in [0, 0.1) is 10.1 Å². The average molecular weight is 473 g/mol. The van der Waals surface area contributed by atoms with Crippen LogP contribution in [0.2, 0.25) is 10.0 Å². The van der Waals surface area contributed by atoms with Crippen LogP contribution in [0.5, 0.6) is 11.5 Å². The fourth-order valence-electron chi connectivity index (χ4n) is 2.78. The molecule has 0 saturated carbocycles. The molecule has 1 amide bonds. The molecule has 0 radical (unpaired) electrons. The first-order valence-electron chi connectivity index (χ1n) is 9.34. The highest BCUT2D eigenvalue weighted by Gasteiger charge is 2.10. The molecular weight excluding hydrogens is 455 g/mol. The summed E-state index contributed by atoms with van der Waals surface area (Å²) in [4.78, 5) is 22.5. The minimum absolute atomic E-state index is 0.106. The number of benzene rings is 3. The van der Waals surface area contributed by atoms with Crippen LogP contribution in [0.25, 0.3) is 6.08 Å². The molecule has 0 fully saturated rings. The second kappa shape index (κ2) is 10.7. The molecule has 3 rings (SSSR count). The Kier molecular flexibility index (Phi) is 7.70. The number of hydrogen-bond acceptors (Lipinski definition) is 5. The Hall–Kier alpha value is -3.55. The second-order valence-electron chi connectivity index (χ2n) is 6.53. The van der Waals surface area contributed by atoms with Gasteiger partial charge in [0.1, 0.15) is 6.61 Å². The van der Waals surface area contributed by atoms with Gasteiger partial charge in [-0.25, -0.2) is 0 Å². The molecule has 0 aromatic heterocycles. The third-order valence-electron chi connectivity index (χ3n) is 4.37. The first-order valence-corrected chi connectivity index (χ1v) is 10.1. The van der Waals surface area contributed by atoms with Gasteiger partial charge in [0.25, 0.3) is 5.69 Å². The van der Waals surface area contributed by atoms with Crippen LogP contribution < -0.4 is 14.8 Å². The molecule has 0 saturated heterocycles. The van der Waals surface area contributed by atoms with Crippen LogP contribution in [0.4, 0.5) is 11.4 Å². The highest BCUT2D eigenvalue weighted by atomic mass is 35.5. The fraction of sp³-hybridized carbons (Fsp3) is 0.0870. The van der Waals surface area contributed by atoms with Crippen LogP contribution in [-0.4, -0.2) is 17.9 Å². The summed E-state index contributed by atoms with van der Waals surface area (Å²) in [6, 6.07) is 16.1. The van der Waals surface area contributed by atoms with E-state index in [0.717, 1.165) is 0 Å². The van der Waals surface area contributed by atoms with E-state index in [4.69, 9.17) is 32.7 Å². The maximum absolute atomic E-state index is 12.2. The first-order chi connectivity index (χ1) is 15.4. The highest BCUT2D eigenvalue weighted by molar-refractivity contribution is 6.35. The molecule has 0 unspecified atom stereocenters. The van der Waals surface area contributed by atoms with Gasteiger partial charge in [-0.15, -0.1) is 0 Å². The van der Waals surface area contributed by atoms with Crippen molar-refractivity contribution in [2.24, 2.45) is 0 Å². The average Bonchev–Trinajstić information content (AvgIpc) is 2.78. The Morgan fingerprint density at radius 2 is 1.78 bits per heavy atom. The third-order valence-corrected chi connectivity index (χ3v) is 5.08. The topological polar surface area (TPSA) is 90.7 Å². The normalized spacial score (nSPS) is 10.7. The smallest absolute Gasteiger partial charge is 0.271 e. The molecule has 0 heterocycles. The number of methoxy groups -OCH3 is 1. The SMILES string of the molecule is COc1cc(C=CC(=O)Nc2cccc([N+](=O)[O-])c2)ccc1OCc1c(Cl)cccc1Cl. The molecule has 0 aliphatic rings. The molecule has 9 heteroatoms. The van der Waals surface area contributed by atoms with Crippen LogP contribution in [0.15, 0.2) is 66.7 Å². The van der Waals surface area contributed by atoms with E-state index < -0.39 is 10.8 Å². The number of hydrogen-bond donors (Lipinski definition) is 1. The quantitative estimate of drug-likeness (QED) is 0.241. The zero-order valence-corrected chi connectivity index (χ0v) is 18.4. The van der Waals surface area contributed by atoms with Crippen molar-refractivity contribution in [3.63, 3.8) is 0 Å². The van der Waals surface area contributed by atoms with Gasteiger partial charge in [0, 0.05) is 39.5 Å². The van der Waals surface area contributed by atoms with E-state index in [1.54, 1.807) is 48.5 Å². The van der Waals surface area contributed by atoms with Crippen molar-refractivity contribution in [3.8, 4) is 11.5 Å². The fourth-order valence-corrected chi connectivity index (χ4v) is 3.29. The number of non-ortho nitro benzene ring substituents is 1. The summed E-state index contributed by atoms with van der Waals surface area (Å²) in [6.45, 7) is 0.162. The number of carbonyl (C=O) groups is 1. The second-order valence-corrected chi connectivity index (χ2v) is 7.34. The van der Waals surface area contributed by atoms with E-state index in [-0.39, 0.29) is 12.3 Å². The van der Waals surface area contributed by atoms with Crippen molar-refractivity contribution in [2.45, 2.75) is 6.61 Å². The third kappa shape index (κ3) is 6.00. The van der Waals surface area contributed by atoms with Gasteiger partial charge < -0.3 is 14.8 Å².